The molecular formula is C19H17FN4O4. The summed E-state index contributed by atoms with van der Waals surface area (Å²) in [5.74, 6) is -2.03. The average molecular weight is 384 g/mol. The molecule has 1 N–H and O–H groups in total. The molecule has 0 spiro atoms. The number of nitrogens with zero attached hydrogens (tertiary/aromatic N) is 3. The Morgan fingerprint density at radius 2 is 1.82 bits per heavy atom. The standard InChI is InChI=1S/C19H17FN4O4/c1-23(11-16(25)21-15-9-7-14(20)8-10-15)17(26)12-24-19(27)28-18(22-24)13-5-3-2-4-6-13/h2-10H,11-12H2,1H3,(H,21,25). The number of hydrogen-bond acceptors (Lipinski definition) is 5. The lowest BCUT2D eigenvalue weighted by Gasteiger charge is -2.16. The van der Waals surface area contributed by atoms with Crippen LogP contribution in [0, 0.1) is 5.82 Å². The number of likely N-dealkylation sites (N-methyl/N-ethyl adjacent to an activating group) is 1. The van der Waals surface area contributed by atoms with E-state index in [-0.39, 0.29) is 19.0 Å². The maximum absolute atomic E-state index is 12.9. The van der Waals surface area contributed by atoms with Crippen molar-refractivity contribution in [1.29, 1.82) is 0 Å². The second kappa shape index (κ2) is 8.30. The monoisotopic (exact) mass is 384 g/mol. The Kier molecular flexibility index (Phi) is 5.64. The van der Waals surface area contributed by atoms with Crippen molar-refractivity contribution in [2.75, 3.05) is 18.9 Å². The maximum atomic E-state index is 12.9. The van der Waals surface area contributed by atoms with Crippen LogP contribution in [0.1, 0.15) is 0 Å². The summed E-state index contributed by atoms with van der Waals surface area (Å²) in [4.78, 5) is 37.4. The van der Waals surface area contributed by atoms with Gasteiger partial charge in [-0.2, -0.15) is 4.68 Å². The van der Waals surface area contributed by atoms with Gasteiger partial charge in [0.2, 0.25) is 17.7 Å². The van der Waals surface area contributed by atoms with Crippen molar-refractivity contribution in [3.63, 3.8) is 0 Å². The van der Waals surface area contributed by atoms with E-state index < -0.39 is 23.4 Å². The molecule has 0 atom stereocenters. The maximum Gasteiger partial charge on any atom is 0.437 e. The molecule has 2 aromatic carbocycles. The largest absolute Gasteiger partial charge is 0.437 e. The second-order valence-corrected chi connectivity index (χ2v) is 6.00. The van der Waals surface area contributed by atoms with Crippen LogP contribution in [0.4, 0.5) is 10.1 Å². The molecule has 3 rings (SSSR count). The van der Waals surface area contributed by atoms with E-state index in [0.29, 0.717) is 11.3 Å². The van der Waals surface area contributed by atoms with Crippen LogP contribution in [0.15, 0.2) is 63.8 Å². The highest BCUT2D eigenvalue weighted by Crippen LogP contribution is 2.14. The van der Waals surface area contributed by atoms with E-state index in [9.17, 15) is 18.8 Å². The first kappa shape index (κ1) is 19.0. The fourth-order valence-corrected chi connectivity index (χ4v) is 2.39. The van der Waals surface area contributed by atoms with Crippen molar-refractivity contribution < 1.29 is 18.4 Å². The molecule has 0 aliphatic carbocycles. The zero-order valence-electron chi connectivity index (χ0n) is 15.0. The molecule has 2 amide bonds. The third-order valence-corrected chi connectivity index (χ3v) is 3.85. The topological polar surface area (TPSA) is 97.4 Å². The Balaban J connectivity index is 1.59. The van der Waals surface area contributed by atoms with Gasteiger partial charge in [-0.25, -0.2) is 9.18 Å². The molecule has 1 heterocycles. The number of aromatic nitrogens is 2. The quantitative estimate of drug-likeness (QED) is 0.698. The van der Waals surface area contributed by atoms with Gasteiger partial charge in [0.15, 0.2) is 0 Å². The summed E-state index contributed by atoms with van der Waals surface area (Å²) >= 11 is 0. The van der Waals surface area contributed by atoms with E-state index in [0.717, 1.165) is 9.58 Å². The number of rotatable bonds is 6. The lowest BCUT2D eigenvalue weighted by molar-refractivity contribution is -0.134. The molecule has 0 radical (unpaired) electrons. The Labute approximate surface area is 159 Å². The minimum absolute atomic E-state index is 0.107. The van der Waals surface area contributed by atoms with Gasteiger partial charge in [-0.05, 0) is 36.4 Å². The molecule has 28 heavy (non-hydrogen) atoms. The van der Waals surface area contributed by atoms with Crippen molar-refractivity contribution in [3.05, 3.63) is 71.0 Å². The molecule has 0 saturated carbocycles. The Morgan fingerprint density at radius 3 is 2.50 bits per heavy atom. The van der Waals surface area contributed by atoms with Gasteiger partial charge < -0.3 is 14.6 Å². The molecular weight excluding hydrogens is 367 g/mol. The summed E-state index contributed by atoms with van der Waals surface area (Å²) in [6.07, 6.45) is 0. The SMILES string of the molecule is CN(CC(=O)Nc1ccc(F)cc1)C(=O)Cn1nc(-c2ccccc2)oc1=O. The van der Waals surface area contributed by atoms with Crippen LogP contribution in [-0.4, -0.2) is 40.1 Å². The smallest absolute Gasteiger partial charge is 0.388 e. The molecule has 0 fully saturated rings. The molecule has 3 aromatic rings. The number of amides is 2. The van der Waals surface area contributed by atoms with Gasteiger partial charge in [0.05, 0.1) is 6.54 Å². The van der Waals surface area contributed by atoms with E-state index in [1.54, 1.807) is 24.3 Å². The van der Waals surface area contributed by atoms with Crippen LogP contribution in [0.3, 0.4) is 0 Å². The number of halogens is 1. The summed E-state index contributed by atoms with van der Waals surface area (Å²) in [6, 6.07) is 14.1. The van der Waals surface area contributed by atoms with E-state index in [1.165, 1.54) is 31.3 Å². The molecule has 0 bridgehead atoms. The van der Waals surface area contributed by atoms with Crippen molar-refractivity contribution in [2.24, 2.45) is 0 Å². The lowest BCUT2D eigenvalue weighted by atomic mass is 10.2. The predicted molar refractivity (Wildman–Crippen MR) is 98.9 cm³/mol. The normalized spacial score (nSPS) is 10.5. The van der Waals surface area contributed by atoms with Crippen molar-refractivity contribution in [3.8, 4) is 11.5 Å². The molecule has 0 aliphatic heterocycles. The highest BCUT2D eigenvalue weighted by Gasteiger charge is 2.17. The number of carbonyl (C=O) groups is 2. The van der Waals surface area contributed by atoms with E-state index in [2.05, 4.69) is 10.4 Å². The van der Waals surface area contributed by atoms with Crippen LogP contribution in [0.5, 0.6) is 0 Å². The van der Waals surface area contributed by atoms with Crippen molar-refractivity contribution in [1.82, 2.24) is 14.7 Å². The fraction of sp³-hybridized carbons (Fsp3) is 0.158. The molecule has 9 heteroatoms. The number of benzene rings is 2. The van der Waals surface area contributed by atoms with Crippen LogP contribution < -0.4 is 11.1 Å². The molecule has 0 saturated heterocycles. The third kappa shape index (κ3) is 4.70. The molecule has 144 valence electrons. The molecule has 0 unspecified atom stereocenters. The van der Waals surface area contributed by atoms with Gasteiger partial charge >= 0.3 is 5.76 Å². The van der Waals surface area contributed by atoms with Crippen molar-refractivity contribution in [2.45, 2.75) is 6.54 Å². The van der Waals surface area contributed by atoms with E-state index in [1.807, 2.05) is 6.07 Å². The summed E-state index contributed by atoms with van der Waals surface area (Å²) in [5.41, 5.74) is 1.02. The fourth-order valence-electron chi connectivity index (χ4n) is 2.39. The van der Waals surface area contributed by atoms with Crippen LogP contribution in [-0.2, 0) is 16.1 Å². The summed E-state index contributed by atoms with van der Waals surface area (Å²) in [5, 5.41) is 6.57. The average Bonchev–Trinajstić information content (AvgIpc) is 3.04. The minimum Gasteiger partial charge on any atom is -0.388 e. The van der Waals surface area contributed by atoms with Crippen LogP contribution in [0.25, 0.3) is 11.5 Å². The Bertz CT molecular complexity index is 1030. The summed E-state index contributed by atoms with van der Waals surface area (Å²) in [7, 11) is 1.43. The van der Waals surface area contributed by atoms with Gasteiger partial charge in [0.1, 0.15) is 12.4 Å². The molecule has 0 aliphatic rings. The molecule has 1 aromatic heterocycles. The number of anilines is 1. The highest BCUT2D eigenvalue weighted by atomic mass is 19.1. The van der Waals surface area contributed by atoms with Gasteiger partial charge in [-0.1, -0.05) is 18.2 Å². The first-order chi connectivity index (χ1) is 13.4. The number of carbonyl (C=O) groups excluding carboxylic acids is 2. The highest BCUT2D eigenvalue weighted by molar-refractivity contribution is 5.94. The second-order valence-electron chi connectivity index (χ2n) is 6.00. The van der Waals surface area contributed by atoms with Gasteiger partial charge in [-0.3, -0.25) is 9.59 Å². The zero-order valence-corrected chi connectivity index (χ0v) is 15.0. The van der Waals surface area contributed by atoms with E-state index >= 15 is 0 Å². The van der Waals surface area contributed by atoms with E-state index in [4.69, 9.17) is 4.42 Å². The first-order valence-corrected chi connectivity index (χ1v) is 8.35. The van der Waals surface area contributed by atoms with Gasteiger partial charge in [0.25, 0.3) is 0 Å². The predicted octanol–water partition coefficient (Wildman–Crippen LogP) is 1.74. The van der Waals surface area contributed by atoms with Crippen molar-refractivity contribution >= 4 is 17.5 Å². The number of nitrogens with one attached hydrogen (secondary N) is 1. The van der Waals surface area contributed by atoms with Gasteiger partial charge in [-0.15, -0.1) is 5.10 Å². The van der Waals surface area contributed by atoms with Gasteiger partial charge in [0, 0.05) is 18.3 Å². The van der Waals surface area contributed by atoms with Crippen LogP contribution >= 0.6 is 0 Å². The Hall–Kier alpha value is -3.75. The number of hydrogen-bond donors (Lipinski definition) is 1. The van der Waals surface area contributed by atoms with Crippen LogP contribution in [0.2, 0.25) is 0 Å². The Morgan fingerprint density at radius 1 is 1.14 bits per heavy atom. The minimum atomic E-state index is -0.767. The first-order valence-electron chi connectivity index (χ1n) is 8.35. The third-order valence-electron chi connectivity index (χ3n) is 3.85. The molecule has 8 nitrogen and oxygen atoms in total. The summed E-state index contributed by atoms with van der Waals surface area (Å²) < 4.78 is 18.9. The summed E-state index contributed by atoms with van der Waals surface area (Å²) in [6.45, 7) is -0.607. The lowest BCUT2D eigenvalue weighted by Crippen LogP contribution is -2.38. The zero-order chi connectivity index (χ0) is 20.1.